The molecule has 0 saturated heterocycles. The van der Waals surface area contributed by atoms with Gasteiger partial charge in [0.25, 0.3) is 0 Å². The smallest absolute Gasteiger partial charge is 0.190 e. The molecule has 0 aliphatic carbocycles. The molecule has 0 N–H and O–H groups in total. The van der Waals surface area contributed by atoms with Crippen molar-refractivity contribution in [3.8, 4) is 17.4 Å². The first kappa shape index (κ1) is 24.3. The van der Waals surface area contributed by atoms with Crippen LogP contribution >= 0.6 is 0 Å². The van der Waals surface area contributed by atoms with Crippen LogP contribution in [-0.2, 0) is 0 Å². The highest BCUT2D eigenvalue weighted by Gasteiger charge is 2.24. The number of benzene rings is 7. The van der Waals surface area contributed by atoms with Crippen LogP contribution in [0.25, 0.3) is 81.4 Å². The van der Waals surface area contributed by atoms with Gasteiger partial charge in [-0.3, -0.25) is 0 Å². The van der Waals surface area contributed by atoms with E-state index in [1.54, 1.807) is 6.07 Å². The Morgan fingerprint density at radius 3 is 1.55 bits per heavy atom. The Morgan fingerprint density at radius 1 is 0.523 bits per heavy atom. The lowest BCUT2D eigenvalue weighted by Gasteiger charge is -2.19. The summed E-state index contributed by atoms with van der Waals surface area (Å²) in [6, 6.07) is 48.5. The van der Waals surface area contributed by atoms with Crippen LogP contribution in [0.2, 0.25) is 0 Å². The monoisotopic (exact) mass is 558 g/mol. The molecule has 0 bridgehead atoms. The zero-order valence-electron chi connectivity index (χ0n) is 23.5. The van der Waals surface area contributed by atoms with Crippen molar-refractivity contribution in [2.45, 2.75) is 0 Å². The van der Waals surface area contributed by atoms with E-state index >= 15 is 0 Å². The van der Waals surface area contributed by atoms with Gasteiger partial charge in [-0.1, -0.05) is 97.1 Å². The van der Waals surface area contributed by atoms with Gasteiger partial charge in [0.05, 0.1) is 45.6 Å². The largest absolute Gasteiger partial charge is 0.308 e. The Kier molecular flexibility index (Phi) is 5.00. The molecular formula is C40H22N4. The molecule has 9 rings (SSSR count). The van der Waals surface area contributed by atoms with E-state index in [1.165, 1.54) is 21.5 Å². The maximum absolute atomic E-state index is 10.6. The van der Waals surface area contributed by atoms with Gasteiger partial charge in [-0.25, -0.2) is 4.85 Å². The number of hydrogen-bond acceptors (Lipinski definition) is 1. The molecule has 2 heterocycles. The topological polar surface area (TPSA) is 38.0 Å². The minimum atomic E-state index is 0.428. The molecule has 0 aliphatic heterocycles. The van der Waals surface area contributed by atoms with Crippen molar-refractivity contribution in [2.24, 2.45) is 0 Å². The van der Waals surface area contributed by atoms with Gasteiger partial charge in [-0.05, 0) is 57.9 Å². The van der Waals surface area contributed by atoms with Gasteiger partial charge < -0.3 is 9.13 Å². The second kappa shape index (κ2) is 9.07. The van der Waals surface area contributed by atoms with Crippen molar-refractivity contribution >= 4 is 70.8 Å². The lowest BCUT2D eigenvalue weighted by Crippen LogP contribution is -2.06. The standard InChI is InChI=1S/C40H22N4/c1-42-28-22-27(24-41)40(44-33-16-8-6-14-31(33)32-15-7-9-17-34(32)44)37(23-28)43-35-20-18-25-10-2-4-12-29(25)38(35)39-30-13-5-3-11-26(30)19-21-36(39)43/h2-23H. The van der Waals surface area contributed by atoms with Crippen molar-refractivity contribution in [3.63, 3.8) is 0 Å². The number of rotatable bonds is 2. The molecule has 4 heteroatoms. The van der Waals surface area contributed by atoms with E-state index in [0.717, 1.165) is 55.0 Å². The first-order chi connectivity index (χ1) is 21.8. The van der Waals surface area contributed by atoms with Crippen molar-refractivity contribution in [1.82, 2.24) is 9.13 Å². The number of nitrogens with zero attached hydrogens (tertiary/aromatic N) is 4. The Labute approximate surface area is 252 Å². The third-order valence-electron chi connectivity index (χ3n) is 8.91. The first-order valence-electron chi connectivity index (χ1n) is 14.5. The van der Waals surface area contributed by atoms with E-state index in [4.69, 9.17) is 6.57 Å². The van der Waals surface area contributed by atoms with Gasteiger partial charge in [0.2, 0.25) is 0 Å². The molecule has 0 radical (unpaired) electrons. The molecule has 202 valence electrons. The summed E-state index contributed by atoms with van der Waals surface area (Å²) in [6.45, 7) is 7.99. The van der Waals surface area contributed by atoms with E-state index in [9.17, 15) is 5.26 Å². The summed E-state index contributed by atoms with van der Waals surface area (Å²) in [4.78, 5) is 3.83. The summed E-state index contributed by atoms with van der Waals surface area (Å²) in [5.41, 5.74) is 6.53. The minimum Gasteiger partial charge on any atom is -0.308 e. The highest BCUT2D eigenvalue weighted by atomic mass is 15.1. The Balaban J connectivity index is 1.55. The van der Waals surface area contributed by atoms with Crippen molar-refractivity contribution in [3.05, 3.63) is 150 Å². The van der Waals surface area contributed by atoms with E-state index in [1.807, 2.05) is 18.2 Å². The number of aromatic nitrogens is 2. The van der Waals surface area contributed by atoms with Crippen molar-refractivity contribution < 1.29 is 0 Å². The highest BCUT2D eigenvalue weighted by molar-refractivity contribution is 6.28. The molecular weight excluding hydrogens is 536 g/mol. The van der Waals surface area contributed by atoms with Gasteiger partial charge in [0, 0.05) is 21.5 Å². The zero-order chi connectivity index (χ0) is 29.4. The second-order valence-electron chi connectivity index (χ2n) is 11.2. The van der Waals surface area contributed by atoms with E-state index in [-0.39, 0.29) is 0 Å². The average Bonchev–Trinajstić information content (AvgIpc) is 3.61. The Morgan fingerprint density at radius 2 is 1.02 bits per heavy atom. The molecule has 7 aromatic carbocycles. The van der Waals surface area contributed by atoms with Crippen LogP contribution < -0.4 is 0 Å². The maximum Gasteiger partial charge on any atom is 0.190 e. The lowest BCUT2D eigenvalue weighted by molar-refractivity contribution is 1.09. The Hall–Kier alpha value is -6.36. The fraction of sp³-hybridized carbons (Fsp3) is 0. The van der Waals surface area contributed by atoms with Crippen molar-refractivity contribution in [2.75, 3.05) is 0 Å². The molecule has 0 amide bonds. The van der Waals surface area contributed by atoms with Crippen LogP contribution in [0.4, 0.5) is 5.69 Å². The molecule has 9 aromatic rings. The fourth-order valence-electron chi connectivity index (χ4n) is 7.13. The van der Waals surface area contributed by atoms with Gasteiger partial charge in [0.1, 0.15) is 6.07 Å². The van der Waals surface area contributed by atoms with Crippen LogP contribution in [0.15, 0.2) is 133 Å². The number of hydrogen-bond donors (Lipinski definition) is 0. The molecule has 4 nitrogen and oxygen atoms in total. The lowest BCUT2D eigenvalue weighted by atomic mass is 10.00. The first-order valence-corrected chi connectivity index (χ1v) is 14.5. The predicted molar refractivity (Wildman–Crippen MR) is 181 cm³/mol. The van der Waals surface area contributed by atoms with Gasteiger partial charge in [-0.15, -0.1) is 0 Å². The summed E-state index contributed by atoms with van der Waals surface area (Å²) in [5, 5.41) is 19.9. The summed E-state index contributed by atoms with van der Waals surface area (Å²) >= 11 is 0. The molecule has 0 saturated carbocycles. The molecule has 0 unspecified atom stereocenters. The predicted octanol–water partition coefficient (Wildman–Crippen LogP) is 10.6. The van der Waals surface area contributed by atoms with Crippen LogP contribution in [-0.4, -0.2) is 9.13 Å². The fourth-order valence-corrected chi connectivity index (χ4v) is 7.13. The molecule has 0 fully saturated rings. The van der Waals surface area contributed by atoms with Crippen LogP contribution in [0.3, 0.4) is 0 Å². The van der Waals surface area contributed by atoms with E-state index in [0.29, 0.717) is 11.3 Å². The summed E-state index contributed by atoms with van der Waals surface area (Å²) in [7, 11) is 0. The zero-order valence-corrected chi connectivity index (χ0v) is 23.5. The third-order valence-corrected chi connectivity index (χ3v) is 8.91. The van der Waals surface area contributed by atoms with Gasteiger partial charge in [-0.2, -0.15) is 5.26 Å². The molecule has 2 aromatic heterocycles. The summed E-state index contributed by atoms with van der Waals surface area (Å²) in [5.74, 6) is 0. The minimum absolute atomic E-state index is 0.428. The number of fused-ring (bicyclic) bond motifs is 10. The summed E-state index contributed by atoms with van der Waals surface area (Å²) in [6.07, 6.45) is 0. The van der Waals surface area contributed by atoms with Crippen LogP contribution in [0.1, 0.15) is 5.56 Å². The molecule has 0 spiro atoms. The van der Waals surface area contributed by atoms with E-state index in [2.05, 4.69) is 129 Å². The molecule has 0 atom stereocenters. The SMILES string of the molecule is [C-]#[N+]c1cc(C#N)c(-n2c3ccccc3c3ccccc32)c(-n2c3ccc4ccccc4c3c3c4ccccc4ccc32)c1. The van der Waals surface area contributed by atoms with Gasteiger partial charge in [0.15, 0.2) is 5.69 Å². The highest BCUT2D eigenvalue weighted by Crippen LogP contribution is 2.44. The maximum atomic E-state index is 10.6. The quantitative estimate of drug-likeness (QED) is 0.195. The normalized spacial score (nSPS) is 11.6. The molecule has 44 heavy (non-hydrogen) atoms. The number of para-hydroxylation sites is 2. The number of nitriles is 1. The van der Waals surface area contributed by atoms with Crippen LogP contribution in [0.5, 0.6) is 0 Å². The molecule has 0 aliphatic rings. The second-order valence-corrected chi connectivity index (χ2v) is 11.2. The summed E-state index contributed by atoms with van der Waals surface area (Å²) < 4.78 is 4.46. The van der Waals surface area contributed by atoms with Crippen LogP contribution in [0, 0.1) is 17.9 Å². The Bertz CT molecular complexity index is 2600. The average molecular weight is 559 g/mol. The van der Waals surface area contributed by atoms with Gasteiger partial charge >= 0.3 is 0 Å². The van der Waals surface area contributed by atoms with E-state index < -0.39 is 0 Å². The third kappa shape index (κ3) is 3.20. The van der Waals surface area contributed by atoms with Crippen molar-refractivity contribution in [1.29, 1.82) is 5.26 Å².